The van der Waals surface area contributed by atoms with Crippen LogP contribution < -0.4 is 5.32 Å². The highest BCUT2D eigenvalue weighted by atomic mass is 16.4. The average Bonchev–Trinajstić information content (AvgIpc) is 2.46. The number of nitrogens with one attached hydrogen (secondary N) is 1. The zero-order valence-electron chi connectivity index (χ0n) is 9.40. The van der Waals surface area contributed by atoms with Crippen LogP contribution in [0.1, 0.15) is 26.7 Å². The molecule has 2 atom stereocenters. The summed E-state index contributed by atoms with van der Waals surface area (Å²) in [7, 11) is 0. The molecule has 90 valence electrons. The molecule has 1 heterocycles. The van der Waals surface area contributed by atoms with Crippen molar-refractivity contribution in [2.75, 3.05) is 6.54 Å². The number of carbonyl (C=O) groups excluding carboxylic acids is 2. The Bertz CT molecular complexity index is 316. The fourth-order valence-corrected chi connectivity index (χ4v) is 1.64. The van der Waals surface area contributed by atoms with Gasteiger partial charge in [0.25, 0.3) is 0 Å². The minimum Gasteiger partial charge on any atom is -0.480 e. The number of hydrogen-bond donors (Lipinski definition) is 2. The summed E-state index contributed by atoms with van der Waals surface area (Å²) in [6.07, 6.45) is 0.759. The molecule has 0 bridgehead atoms. The third kappa shape index (κ3) is 2.57. The maximum absolute atomic E-state index is 11.7. The van der Waals surface area contributed by atoms with Crippen LogP contribution in [-0.4, -0.2) is 46.4 Å². The van der Waals surface area contributed by atoms with Gasteiger partial charge in [0, 0.05) is 6.54 Å². The number of rotatable bonds is 5. The Morgan fingerprint density at radius 3 is 2.75 bits per heavy atom. The normalized spacial score (nSPS) is 22.6. The van der Waals surface area contributed by atoms with E-state index in [2.05, 4.69) is 5.32 Å². The van der Waals surface area contributed by atoms with Crippen LogP contribution in [0.2, 0.25) is 0 Å². The molecule has 0 aromatic heterocycles. The molecule has 1 saturated heterocycles. The molecule has 0 spiro atoms. The van der Waals surface area contributed by atoms with Gasteiger partial charge in [-0.15, -0.1) is 0 Å². The monoisotopic (exact) mass is 228 g/mol. The fourth-order valence-electron chi connectivity index (χ4n) is 1.64. The number of carbonyl (C=O) groups is 3. The van der Waals surface area contributed by atoms with Gasteiger partial charge in [-0.1, -0.05) is 6.92 Å². The quantitative estimate of drug-likeness (QED) is 0.624. The van der Waals surface area contributed by atoms with Gasteiger partial charge in [0.2, 0.25) is 11.8 Å². The summed E-state index contributed by atoms with van der Waals surface area (Å²) >= 11 is 0. The molecule has 1 aliphatic heterocycles. The minimum absolute atomic E-state index is 0.0520. The summed E-state index contributed by atoms with van der Waals surface area (Å²) < 4.78 is 0. The van der Waals surface area contributed by atoms with E-state index in [1.54, 1.807) is 0 Å². The van der Waals surface area contributed by atoms with E-state index in [1.165, 1.54) is 11.8 Å². The molecular formula is C10H16N2O4. The van der Waals surface area contributed by atoms with E-state index in [9.17, 15) is 14.4 Å². The maximum Gasteiger partial charge on any atom is 0.320 e. The molecule has 1 fully saturated rings. The van der Waals surface area contributed by atoms with Gasteiger partial charge < -0.3 is 5.11 Å². The molecule has 2 amide bonds. The molecule has 0 radical (unpaired) electrons. The SMILES string of the molecule is CCCN1C(=O)CC(N[C@@H](C)C(=O)O)C1=O. The standard InChI is InChI=1S/C10H16N2O4/c1-3-4-12-8(13)5-7(9(12)14)11-6(2)10(15)16/h6-7,11H,3-5H2,1-2H3,(H,15,16)/t6-,7?/m0/s1. The van der Waals surface area contributed by atoms with Crippen LogP contribution in [0.5, 0.6) is 0 Å². The summed E-state index contributed by atoms with van der Waals surface area (Å²) in [5.41, 5.74) is 0. The van der Waals surface area contributed by atoms with E-state index in [0.29, 0.717) is 13.0 Å². The Kier molecular flexibility index (Phi) is 4.00. The van der Waals surface area contributed by atoms with Crippen molar-refractivity contribution < 1.29 is 19.5 Å². The Morgan fingerprint density at radius 2 is 2.25 bits per heavy atom. The molecule has 6 nitrogen and oxygen atoms in total. The summed E-state index contributed by atoms with van der Waals surface area (Å²) in [5, 5.41) is 11.3. The lowest BCUT2D eigenvalue weighted by molar-refractivity contribution is -0.139. The lowest BCUT2D eigenvalue weighted by Crippen LogP contribution is -2.45. The van der Waals surface area contributed by atoms with Crippen molar-refractivity contribution >= 4 is 17.8 Å². The summed E-state index contributed by atoms with van der Waals surface area (Å²) in [6.45, 7) is 3.72. The number of imide groups is 1. The third-order valence-electron chi connectivity index (χ3n) is 2.51. The molecule has 0 aromatic rings. The highest BCUT2D eigenvalue weighted by molar-refractivity contribution is 6.05. The molecule has 1 rings (SSSR count). The zero-order chi connectivity index (χ0) is 12.3. The maximum atomic E-state index is 11.7. The average molecular weight is 228 g/mol. The third-order valence-corrected chi connectivity index (χ3v) is 2.51. The Balaban J connectivity index is 2.62. The minimum atomic E-state index is -1.03. The molecular weight excluding hydrogens is 212 g/mol. The van der Waals surface area contributed by atoms with Gasteiger partial charge in [0.05, 0.1) is 12.5 Å². The van der Waals surface area contributed by atoms with E-state index in [4.69, 9.17) is 5.11 Å². The smallest absolute Gasteiger partial charge is 0.320 e. The molecule has 0 aromatic carbocycles. The van der Waals surface area contributed by atoms with Gasteiger partial charge in [-0.3, -0.25) is 24.6 Å². The van der Waals surface area contributed by atoms with Crippen molar-refractivity contribution in [1.29, 1.82) is 0 Å². The number of aliphatic carboxylic acids is 1. The highest BCUT2D eigenvalue weighted by Gasteiger charge is 2.38. The Morgan fingerprint density at radius 1 is 1.62 bits per heavy atom. The summed E-state index contributed by atoms with van der Waals surface area (Å²) in [5.74, 6) is -1.59. The van der Waals surface area contributed by atoms with Crippen molar-refractivity contribution in [3.63, 3.8) is 0 Å². The van der Waals surface area contributed by atoms with Crippen LogP contribution in [0.3, 0.4) is 0 Å². The highest BCUT2D eigenvalue weighted by Crippen LogP contribution is 2.13. The van der Waals surface area contributed by atoms with Crippen LogP contribution in [-0.2, 0) is 14.4 Å². The number of carboxylic acids is 1. The van der Waals surface area contributed by atoms with Crippen LogP contribution in [0.4, 0.5) is 0 Å². The number of nitrogens with zero attached hydrogens (tertiary/aromatic N) is 1. The molecule has 0 saturated carbocycles. The van der Waals surface area contributed by atoms with Gasteiger partial charge in [-0.2, -0.15) is 0 Å². The van der Waals surface area contributed by atoms with Gasteiger partial charge in [0.15, 0.2) is 0 Å². The second-order valence-electron chi connectivity index (χ2n) is 3.87. The predicted octanol–water partition coefficient (Wildman–Crippen LogP) is -0.413. The van der Waals surface area contributed by atoms with Gasteiger partial charge >= 0.3 is 5.97 Å². The van der Waals surface area contributed by atoms with Crippen molar-refractivity contribution in [3.05, 3.63) is 0 Å². The second kappa shape index (κ2) is 5.07. The second-order valence-corrected chi connectivity index (χ2v) is 3.87. The number of likely N-dealkylation sites (tertiary alicyclic amines) is 1. The van der Waals surface area contributed by atoms with E-state index in [-0.39, 0.29) is 18.2 Å². The van der Waals surface area contributed by atoms with E-state index < -0.39 is 18.1 Å². The van der Waals surface area contributed by atoms with Crippen molar-refractivity contribution in [2.24, 2.45) is 0 Å². The first kappa shape index (κ1) is 12.6. The first-order valence-corrected chi connectivity index (χ1v) is 5.30. The van der Waals surface area contributed by atoms with E-state index >= 15 is 0 Å². The zero-order valence-corrected chi connectivity index (χ0v) is 9.40. The van der Waals surface area contributed by atoms with Crippen LogP contribution in [0, 0.1) is 0 Å². The largest absolute Gasteiger partial charge is 0.480 e. The summed E-state index contributed by atoms with van der Waals surface area (Å²) in [4.78, 5) is 35.0. The van der Waals surface area contributed by atoms with Crippen molar-refractivity contribution in [3.8, 4) is 0 Å². The molecule has 2 N–H and O–H groups in total. The molecule has 1 aliphatic rings. The topological polar surface area (TPSA) is 86.7 Å². The van der Waals surface area contributed by atoms with E-state index in [1.807, 2.05) is 6.92 Å². The van der Waals surface area contributed by atoms with Gasteiger partial charge in [-0.25, -0.2) is 0 Å². The summed E-state index contributed by atoms with van der Waals surface area (Å²) in [6, 6.07) is -1.52. The van der Waals surface area contributed by atoms with Crippen LogP contribution in [0.15, 0.2) is 0 Å². The van der Waals surface area contributed by atoms with Crippen molar-refractivity contribution in [1.82, 2.24) is 10.2 Å². The Hall–Kier alpha value is -1.43. The van der Waals surface area contributed by atoms with Crippen molar-refractivity contribution in [2.45, 2.75) is 38.8 Å². The first-order chi connectivity index (χ1) is 7.47. The van der Waals surface area contributed by atoms with Crippen LogP contribution in [0.25, 0.3) is 0 Å². The molecule has 1 unspecified atom stereocenters. The van der Waals surface area contributed by atoms with E-state index in [0.717, 1.165) is 0 Å². The number of amides is 2. The molecule has 0 aliphatic carbocycles. The van der Waals surface area contributed by atoms with Gasteiger partial charge in [0.1, 0.15) is 6.04 Å². The molecule has 16 heavy (non-hydrogen) atoms. The number of carboxylic acid groups (broad SMARTS) is 1. The molecule has 6 heteroatoms. The number of hydrogen-bond acceptors (Lipinski definition) is 4. The predicted molar refractivity (Wildman–Crippen MR) is 55.6 cm³/mol. The lowest BCUT2D eigenvalue weighted by atomic mass is 10.2. The first-order valence-electron chi connectivity index (χ1n) is 5.30. The van der Waals surface area contributed by atoms with Gasteiger partial charge in [-0.05, 0) is 13.3 Å². The Labute approximate surface area is 93.6 Å². The fraction of sp³-hybridized carbons (Fsp3) is 0.700. The van der Waals surface area contributed by atoms with Crippen LogP contribution >= 0.6 is 0 Å². The lowest BCUT2D eigenvalue weighted by Gasteiger charge is -2.16.